The van der Waals surface area contributed by atoms with Gasteiger partial charge in [0.05, 0.1) is 28.5 Å². The highest BCUT2D eigenvalue weighted by Crippen LogP contribution is 2.26. The zero-order chi connectivity index (χ0) is 24.0. The van der Waals surface area contributed by atoms with Gasteiger partial charge < -0.3 is 0 Å². The second-order valence-electron chi connectivity index (χ2n) is 6.19. The summed E-state index contributed by atoms with van der Waals surface area (Å²) in [6, 6.07) is 9.41. The molecule has 0 saturated carbocycles. The second kappa shape index (κ2) is 10.3. The van der Waals surface area contributed by atoms with Crippen LogP contribution in [-0.4, -0.2) is 38.1 Å². The Balaban J connectivity index is 1.60. The van der Waals surface area contributed by atoms with Gasteiger partial charge in [0, 0.05) is 11.1 Å². The van der Waals surface area contributed by atoms with E-state index in [4.69, 9.17) is 11.6 Å². The van der Waals surface area contributed by atoms with Gasteiger partial charge in [0.25, 0.3) is 17.3 Å². The smallest absolute Gasteiger partial charge is 0.289 e. The van der Waals surface area contributed by atoms with Crippen molar-refractivity contribution in [1.82, 2.24) is 15.6 Å². The number of nitro groups is 2. The molecule has 0 atom stereocenters. The number of halogens is 1. The van der Waals surface area contributed by atoms with Crippen molar-refractivity contribution in [2.45, 2.75) is 6.42 Å². The van der Waals surface area contributed by atoms with Crippen LogP contribution in [0.3, 0.4) is 0 Å². The number of amides is 2. The molecule has 0 aliphatic rings. The van der Waals surface area contributed by atoms with E-state index < -0.39 is 38.6 Å². The zero-order valence-corrected chi connectivity index (χ0v) is 17.9. The lowest BCUT2D eigenvalue weighted by Gasteiger charge is -2.02. The van der Waals surface area contributed by atoms with E-state index >= 15 is 0 Å². The number of hydrazone groups is 1. The van der Waals surface area contributed by atoms with E-state index in [2.05, 4.69) is 26.0 Å². The number of carbonyl (C=O) groups excluding carboxylic acids is 2. The number of hydrogen-bond acceptors (Lipinski definition) is 10. The lowest BCUT2D eigenvalue weighted by molar-refractivity contribution is -0.394. The van der Waals surface area contributed by atoms with Crippen LogP contribution in [-0.2, 0) is 11.2 Å². The molecule has 3 aromatic rings. The number of carbonyl (C=O) groups is 2. The number of rotatable bonds is 8. The number of hydrogen-bond donors (Lipinski definition) is 2. The van der Waals surface area contributed by atoms with Crippen molar-refractivity contribution < 1.29 is 19.4 Å². The molecule has 0 saturated heterocycles. The molecule has 33 heavy (non-hydrogen) atoms. The van der Waals surface area contributed by atoms with Gasteiger partial charge >= 0.3 is 0 Å². The first-order chi connectivity index (χ1) is 15.7. The molecule has 0 spiro atoms. The van der Waals surface area contributed by atoms with E-state index in [0.29, 0.717) is 11.1 Å². The molecule has 0 aliphatic heterocycles. The van der Waals surface area contributed by atoms with Gasteiger partial charge in [-0.15, -0.1) is 10.2 Å². The first kappa shape index (κ1) is 23.4. The maximum absolute atomic E-state index is 12.4. The summed E-state index contributed by atoms with van der Waals surface area (Å²) in [4.78, 5) is 44.7. The molecule has 1 aromatic heterocycles. The van der Waals surface area contributed by atoms with Gasteiger partial charge in [-0.1, -0.05) is 35.1 Å². The largest absolute Gasteiger partial charge is 0.296 e. The van der Waals surface area contributed by atoms with Gasteiger partial charge in [-0.3, -0.25) is 35.1 Å². The molecular formula is C18H12ClN7O6S. The molecule has 0 radical (unpaired) electrons. The van der Waals surface area contributed by atoms with Gasteiger partial charge in [0.15, 0.2) is 0 Å². The molecule has 168 valence electrons. The van der Waals surface area contributed by atoms with Crippen molar-refractivity contribution in [1.29, 1.82) is 0 Å². The minimum Gasteiger partial charge on any atom is -0.296 e. The van der Waals surface area contributed by atoms with Gasteiger partial charge in [-0.25, -0.2) is 5.43 Å². The van der Waals surface area contributed by atoms with Crippen LogP contribution in [0.15, 0.2) is 47.6 Å². The van der Waals surface area contributed by atoms with Crippen LogP contribution >= 0.6 is 22.9 Å². The van der Waals surface area contributed by atoms with E-state index in [1.54, 1.807) is 24.3 Å². The summed E-state index contributed by atoms with van der Waals surface area (Å²) in [6.45, 7) is 0. The van der Waals surface area contributed by atoms with Gasteiger partial charge in [0.2, 0.25) is 11.0 Å². The Morgan fingerprint density at radius 3 is 2.48 bits per heavy atom. The standard InChI is InChI=1S/C18H12ClN7O6S/c19-11-3-1-10(2-4-11)9-20-22-15(27)8-16-23-24-18(33-16)21-17(28)13-6-5-12(25(29)30)7-14(13)26(31)32/h1-7,9H,8H2,(H,22,27)(H,21,24,28)/b20-9-. The first-order valence-corrected chi connectivity index (χ1v) is 10.1. The Morgan fingerprint density at radius 2 is 1.82 bits per heavy atom. The third-order valence-electron chi connectivity index (χ3n) is 3.91. The molecule has 13 nitrogen and oxygen atoms in total. The average molecular weight is 490 g/mol. The molecule has 2 amide bonds. The topological polar surface area (TPSA) is 183 Å². The molecule has 0 bridgehead atoms. The van der Waals surface area contributed by atoms with Crippen LogP contribution < -0.4 is 10.7 Å². The highest BCUT2D eigenvalue weighted by molar-refractivity contribution is 7.15. The molecule has 2 N–H and O–H groups in total. The molecule has 0 aliphatic carbocycles. The summed E-state index contributed by atoms with van der Waals surface area (Å²) in [7, 11) is 0. The van der Waals surface area contributed by atoms with E-state index in [0.717, 1.165) is 29.0 Å². The number of benzene rings is 2. The van der Waals surface area contributed by atoms with Gasteiger partial charge in [-0.2, -0.15) is 5.10 Å². The van der Waals surface area contributed by atoms with Gasteiger partial charge in [0.1, 0.15) is 10.6 Å². The van der Waals surface area contributed by atoms with Crippen LogP contribution in [0.2, 0.25) is 5.02 Å². The third kappa shape index (κ3) is 6.34. The Kier molecular flexibility index (Phi) is 7.32. The number of nitrogens with one attached hydrogen (secondary N) is 2. The minimum atomic E-state index is -0.906. The highest BCUT2D eigenvalue weighted by atomic mass is 35.5. The lowest BCUT2D eigenvalue weighted by Crippen LogP contribution is -2.19. The molecule has 0 fully saturated rings. The molecule has 15 heteroatoms. The maximum Gasteiger partial charge on any atom is 0.289 e. The normalized spacial score (nSPS) is 10.7. The molecule has 2 aromatic carbocycles. The van der Waals surface area contributed by atoms with Crippen LogP contribution in [0, 0.1) is 20.2 Å². The van der Waals surface area contributed by atoms with Crippen molar-refractivity contribution >= 4 is 57.5 Å². The fourth-order valence-electron chi connectivity index (χ4n) is 2.42. The van der Waals surface area contributed by atoms with Crippen LogP contribution in [0.5, 0.6) is 0 Å². The van der Waals surface area contributed by atoms with Crippen LogP contribution in [0.25, 0.3) is 0 Å². The fourth-order valence-corrected chi connectivity index (χ4v) is 3.28. The number of non-ortho nitro benzene ring substituents is 1. The summed E-state index contributed by atoms with van der Waals surface area (Å²) in [5.41, 5.74) is 1.40. The lowest BCUT2D eigenvalue weighted by atomic mass is 10.1. The van der Waals surface area contributed by atoms with Crippen LogP contribution in [0.4, 0.5) is 16.5 Å². The Hall–Kier alpha value is -4.30. The minimum absolute atomic E-state index is 0.0138. The number of nitrogens with zero attached hydrogens (tertiary/aromatic N) is 5. The Morgan fingerprint density at radius 1 is 1.09 bits per heavy atom. The number of nitro benzene ring substituents is 2. The Bertz CT molecular complexity index is 1260. The molecule has 0 unspecified atom stereocenters. The molecule has 1 heterocycles. The predicted octanol–water partition coefficient (Wildman–Crippen LogP) is 2.95. The number of anilines is 1. The van der Waals surface area contributed by atoms with Crippen molar-refractivity contribution in [3.63, 3.8) is 0 Å². The molecular weight excluding hydrogens is 478 g/mol. The van der Waals surface area contributed by atoms with Crippen LogP contribution in [0.1, 0.15) is 20.9 Å². The van der Waals surface area contributed by atoms with E-state index in [1.165, 1.54) is 6.21 Å². The van der Waals surface area contributed by atoms with Crippen molar-refractivity contribution in [2.75, 3.05) is 5.32 Å². The average Bonchev–Trinajstić information content (AvgIpc) is 3.21. The maximum atomic E-state index is 12.4. The zero-order valence-electron chi connectivity index (χ0n) is 16.3. The van der Waals surface area contributed by atoms with Crippen molar-refractivity contribution in [3.05, 3.63) is 83.9 Å². The Labute approximate surface area is 193 Å². The summed E-state index contributed by atoms with van der Waals surface area (Å²) in [6.07, 6.45) is 1.25. The van der Waals surface area contributed by atoms with Crippen molar-refractivity contribution in [2.24, 2.45) is 5.10 Å². The highest BCUT2D eigenvalue weighted by Gasteiger charge is 2.25. The first-order valence-electron chi connectivity index (χ1n) is 8.87. The summed E-state index contributed by atoms with van der Waals surface area (Å²) < 4.78 is 0. The van der Waals surface area contributed by atoms with E-state index in [-0.39, 0.29) is 16.6 Å². The van der Waals surface area contributed by atoms with E-state index in [1.807, 2.05) is 0 Å². The third-order valence-corrected chi connectivity index (χ3v) is 5.00. The monoisotopic (exact) mass is 489 g/mol. The second-order valence-corrected chi connectivity index (χ2v) is 7.69. The number of aromatic nitrogens is 2. The summed E-state index contributed by atoms with van der Waals surface area (Å²) in [5.74, 6) is -1.39. The molecule has 3 rings (SSSR count). The van der Waals surface area contributed by atoms with Gasteiger partial charge in [-0.05, 0) is 23.8 Å². The van der Waals surface area contributed by atoms with Crippen molar-refractivity contribution in [3.8, 4) is 0 Å². The SMILES string of the molecule is O=C(Cc1nnc(NC(=O)c2ccc([N+](=O)[O-])cc2[N+](=O)[O-])s1)N/N=C\c1ccc(Cl)cc1. The predicted molar refractivity (Wildman–Crippen MR) is 119 cm³/mol. The quantitative estimate of drug-likeness (QED) is 0.275. The fraction of sp³-hybridized carbons (Fsp3) is 0.0556. The summed E-state index contributed by atoms with van der Waals surface area (Å²) >= 11 is 6.67. The summed E-state index contributed by atoms with van der Waals surface area (Å²) in [5, 5.41) is 36.4. The van der Waals surface area contributed by atoms with E-state index in [9.17, 15) is 29.8 Å².